The van der Waals surface area contributed by atoms with E-state index < -0.39 is 0 Å². The van der Waals surface area contributed by atoms with Crippen LogP contribution in [0, 0.1) is 0 Å². The predicted molar refractivity (Wildman–Crippen MR) is 50.0 cm³/mol. The molecule has 1 N–H and O–H groups in total. The molecule has 56 valence electrons. The highest BCUT2D eigenvalue weighted by Gasteiger charge is 1.85. The van der Waals surface area contributed by atoms with Crippen LogP contribution < -0.4 is 5.32 Å². The number of thiocarbonyl (C=S) groups is 1. The van der Waals surface area contributed by atoms with E-state index in [9.17, 15) is 0 Å². The van der Waals surface area contributed by atoms with Crippen LogP contribution in [0.4, 0.5) is 0 Å². The second-order valence-corrected chi connectivity index (χ2v) is 2.71. The maximum Gasteiger partial charge on any atom is 0.0763 e. The van der Waals surface area contributed by atoms with Gasteiger partial charge in [-0.05, 0) is 20.3 Å². The quantitative estimate of drug-likeness (QED) is 0.496. The van der Waals surface area contributed by atoms with Gasteiger partial charge in [0, 0.05) is 5.70 Å². The van der Waals surface area contributed by atoms with Gasteiger partial charge in [-0.1, -0.05) is 24.4 Å². The Morgan fingerprint density at radius 2 is 2.20 bits per heavy atom. The third-order valence-corrected chi connectivity index (χ3v) is 1.07. The molecule has 0 unspecified atom stereocenters. The monoisotopic (exact) mass is 155 g/mol. The van der Waals surface area contributed by atoms with Crippen LogP contribution in [0.3, 0.4) is 0 Å². The highest BCUT2D eigenvalue weighted by molar-refractivity contribution is 7.80. The fourth-order valence-electron chi connectivity index (χ4n) is 0.589. The number of allylic oxidation sites excluding steroid dienone is 3. The van der Waals surface area contributed by atoms with Gasteiger partial charge in [0.2, 0.25) is 0 Å². The first-order valence-electron chi connectivity index (χ1n) is 3.22. The van der Waals surface area contributed by atoms with Crippen LogP contribution in [0.25, 0.3) is 0 Å². The van der Waals surface area contributed by atoms with Crippen molar-refractivity contribution in [3.05, 3.63) is 24.4 Å². The highest BCUT2D eigenvalue weighted by atomic mass is 32.1. The van der Waals surface area contributed by atoms with E-state index in [1.54, 1.807) is 0 Å². The molecule has 2 heteroatoms. The minimum Gasteiger partial charge on any atom is -0.354 e. The number of hydrogen-bond acceptors (Lipinski definition) is 1. The lowest BCUT2D eigenvalue weighted by Gasteiger charge is -2.01. The summed E-state index contributed by atoms with van der Waals surface area (Å²) in [4.78, 5) is 0.804. The largest absolute Gasteiger partial charge is 0.354 e. The summed E-state index contributed by atoms with van der Waals surface area (Å²) in [5.74, 6) is 0. The lowest BCUT2D eigenvalue weighted by Crippen LogP contribution is -2.14. The van der Waals surface area contributed by atoms with Crippen molar-refractivity contribution in [3.63, 3.8) is 0 Å². The molecule has 0 aliphatic heterocycles. The first kappa shape index (κ1) is 9.37. The summed E-state index contributed by atoms with van der Waals surface area (Å²) in [5, 5.41) is 3.02. The van der Waals surface area contributed by atoms with Gasteiger partial charge in [-0.3, -0.25) is 0 Å². The molecular formula is C8H13NS. The molecule has 0 aromatic heterocycles. The maximum absolute atomic E-state index is 4.84. The average molecular weight is 155 g/mol. The van der Waals surface area contributed by atoms with Gasteiger partial charge in [-0.15, -0.1) is 6.58 Å². The minimum absolute atomic E-state index is 0.804. The standard InChI is InChI=1S/C8H13NS/c1-4-5-6-7(2)9-8(3)10/h4,6H,1,5H2,2-3H3,(H,9,10)/b7-6+. The van der Waals surface area contributed by atoms with Crippen LogP contribution in [0.5, 0.6) is 0 Å². The van der Waals surface area contributed by atoms with Crippen LogP contribution in [-0.2, 0) is 0 Å². The first-order chi connectivity index (χ1) is 4.66. The van der Waals surface area contributed by atoms with Gasteiger partial charge in [-0.2, -0.15) is 0 Å². The molecule has 0 aliphatic rings. The van der Waals surface area contributed by atoms with Crippen molar-refractivity contribution >= 4 is 17.2 Å². The molecule has 0 aromatic rings. The second-order valence-electron chi connectivity index (χ2n) is 2.09. The lowest BCUT2D eigenvalue weighted by atomic mass is 10.3. The summed E-state index contributed by atoms with van der Waals surface area (Å²) in [6, 6.07) is 0. The van der Waals surface area contributed by atoms with Crippen molar-refractivity contribution < 1.29 is 0 Å². The number of nitrogens with one attached hydrogen (secondary N) is 1. The molecule has 0 fully saturated rings. The van der Waals surface area contributed by atoms with Gasteiger partial charge in [0.25, 0.3) is 0 Å². The fourth-order valence-corrected chi connectivity index (χ4v) is 0.750. The SMILES string of the molecule is C=CC/C=C(\C)NC(C)=S. The summed E-state index contributed by atoms with van der Waals surface area (Å²) in [6.45, 7) is 7.45. The van der Waals surface area contributed by atoms with Crippen LogP contribution in [0.2, 0.25) is 0 Å². The summed E-state index contributed by atoms with van der Waals surface area (Å²) in [6.07, 6.45) is 4.79. The van der Waals surface area contributed by atoms with Crippen molar-refractivity contribution in [2.24, 2.45) is 0 Å². The smallest absolute Gasteiger partial charge is 0.0763 e. The van der Waals surface area contributed by atoms with Gasteiger partial charge < -0.3 is 5.32 Å². The maximum atomic E-state index is 4.84. The van der Waals surface area contributed by atoms with Crippen molar-refractivity contribution in [2.75, 3.05) is 0 Å². The molecule has 0 aliphatic carbocycles. The van der Waals surface area contributed by atoms with E-state index >= 15 is 0 Å². The van der Waals surface area contributed by atoms with Gasteiger partial charge in [0.1, 0.15) is 0 Å². The van der Waals surface area contributed by atoms with Crippen molar-refractivity contribution in [3.8, 4) is 0 Å². The third kappa shape index (κ3) is 5.51. The average Bonchev–Trinajstić information content (AvgIpc) is 1.82. The Kier molecular flexibility index (Phi) is 4.85. The van der Waals surface area contributed by atoms with Gasteiger partial charge in [0.05, 0.1) is 4.99 Å². The van der Waals surface area contributed by atoms with Gasteiger partial charge in [-0.25, -0.2) is 0 Å². The first-order valence-corrected chi connectivity index (χ1v) is 3.63. The normalized spacial score (nSPS) is 10.8. The molecule has 10 heavy (non-hydrogen) atoms. The topological polar surface area (TPSA) is 12.0 Å². The number of hydrogen-bond donors (Lipinski definition) is 1. The Bertz CT molecular complexity index is 159. The molecule has 0 heterocycles. The molecule has 0 aromatic carbocycles. The van der Waals surface area contributed by atoms with E-state index in [2.05, 4.69) is 11.9 Å². The highest BCUT2D eigenvalue weighted by Crippen LogP contribution is 1.91. The van der Waals surface area contributed by atoms with E-state index in [0.717, 1.165) is 17.1 Å². The Balaban J connectivity index is 3.70. The van der Waals surface area contributed by atoms with E-state index in [-0.39, 0.29) is 0 Å². The Morgan fingerprint density at radius 1 is 1.60 bits per heavy atom. The van der Waals surface area contributed by atoms with Crippen molar-refractivity contribution in [1.29, 1.82) is 0 Å². The molecular weight excluding hydrogens is 142 g/mol. The molecule has 0 atom stereocenters. The Labute approximate surface area is 67.8 Å². The van der Waals surface area contributed by atoms with Crippen LogP contribution in [0.15, 0.2) is 24.4 Å². The molecule has 0 saturated heterocycles. The lowest BCUT2D eigenvalue weighted by molar-refractivity contribution is 1.10. The van der Waals surface area contributed by atoms with E-state index in [1.807, 2.05) is 26.0 Å². The number of rotatable bonds is 3. The molecule has 1 nitrogen and oxygen atoms in total. The van der Waals surface area contributed by atoms with Crippen molar-refractivity contribution in [1.82, 2.24) is 5.32 Å². The summed E-state index contributed by atoms with van der Waals surface area (Å²) >= 11 is 4.84. The Hall–Kier alpha value is -0.630. The van der Waals surface area contributed by atoms with Crippen LogP contribution in [0.1, 0.15) is 20.3 Å². The van der Waals surface area contributed by atoms with E-state index in [4.69, 9.17) is 12.2 Å². The van der Waals surface area contributed by atoms with E-state index in [0.29, 0.717) is 0 Å². The molecule has 0 rings (SSSR count). The molecule has 0 radical (unpaired) electrons. The zero-order chi connectivity index (χ0) is 7.98. The second kappa shape index (κ2) is 5.18. The van der Waals surface area contributed by atoms with Crippen LogP contribution in [-0.4, -0.2) is 4.99 Å². The van der Waals surface area contributed by atoms with Crippen LogP contribution >= 0.6 is 12.2 Å². The van der Waals surface area contributed by atoms with Crippen molar-refractivity contribution in [2.45, 2.75) is 20.3 Å². The fraction of sp³-hybridized carbons (Fsp3) is 0.375. The zero-order valence-corrected chi connectivity index (χ0v) is 7.29. The zero-order valence-electron chi connectivity index (χ0n) is 6.48. The predicted octanol–water partition coefficient (Wildman–Crippen LogP) is 2.40. The molecule has 0 saturated carbocycles. The third-order valence-electron chi connectivity index (χ3n) is 0.964. The Morgan fingerprint density at radius 3 is 2.60 bits per heavy atom. The molecule has 0 bridgehead atoms. The molecule has 0 amide bonds. The summed E-state index contributed by atoms with van der Waals surface area (Å²) < 4.78 is 0. The summed E-state index contributed by atoms with van der Waals surface area (Å²) in [7, 11) is 0. The summed E-state index contributed by atoms with van der Waals surface area (Å²) in [5.41, 5.74) is 1.09. The van der Waals surface area contributed by atoms with Gasteiger partial charge >= 0.3 is 0 Å². The van der Waals surface area contributed by atoms with Gasteiger partial charge in [0.15, 0.2) is 0 Å². The minimum atomic E-state index is 0.804. The van der Waals surface area contributed by atoms with E-state index in [1.165, 1.54) is 0 Å². The molecule has 0 spiro atoms.